The van der Waals surface area contributed by atoms with E-state index < -0.39 is 0 Å². The van der Waals surface area contributed by atoms with E-state index >= 15 is 0 Å². The number of carbonyl (C=O) groups is 1. The van der Waals surface area contributed by atoms with E-state index in [1.54, 1.807) is 0 Å². The van der Waals surface area contributed by atoms with E-state index in [1.165, 1.54) is 0 Å². The Morgan fingerprint density at radius 1 is 1.27 bits per heavy atom. The van der Waals surface area contributed by atoms with Crippen LogP contribution < -0.4 is 0 Å². The van der Waals surface area contributed by atoms with Crippen molar-refractivity contribution in [2.24, 2.45) is 11.8 Å². The molecule has 0 radical (unpaired) electrons. The molecule has 86 valence electrons. The number of allylic oxidation sites excluding steroid dienone is 1. The van der Waals surface area contributed by atoms with E-state index in [1.807, 2.05) is 32.9 Å². The van der Waals surface area contributed by atoms with Crippen molar-refractivity contribution < 1.29 is 14.3 Å². The molecule has 0 N–H and O–H groups in total. The van der Waals surface area contributed by atoms with Crippen LogP contribution in [0.1, 0.15) is 27.7 Å². The fourth-order valence-corrected chi connectivity index (χ4v) is 2.00. The molecule has 1 unspecified atom stereocenters. The first-order chi connectivity index (χ1) is 7.10. The summed E-state index contributed by atoms with van der Waals surface area (Å²) in [6.45, 7) is 7.78. The first-order valence-electron chi connectivity index (χ1n) is 5.49. The van der Waals surface area contributed by atoms with Crippen LogP contribution in [0.25, 0.3) is 0 Å². The highest BCUT2D eigenvalue weighted by atomic mass is 16.7. The second kappa shape index (κ2) is 5.42. The van der Waals surface area contributed by atoms with Gasteiger partial charge in [0.25, 0.3) is 0 Å². The van der Waals surface area contributed by atoms with Gasteiger partial charge in [-0.05, 0) is 13.8 Å². The van der Waals surface area contributed by atoms with E-state index in [-0.39, 0.29) is 30.3 Å². The van der Waals surface area contributed by atoms with E-state index in [4.69, 9.17) is 9.47 Å². The van der Waals surface area contributed by atoms with Gasteiger partial charge >= 0.3 is 0 Å². The lowest BCUT2D eigenvalue weighted by Gasteiger charge is -2.39. The highest BCUT2D eigenvalue weighted by Gasteiger charge is 2.36. The maximum atomic E-state index is 10.8. The van der Waals surface area contributed by atoms with Crippen LogP contribution in [0, 0.1) is 11.8 Å². The van der Waals surface area contributed by atoms with Gasteiger partial charge in [0.05, 0.1) is 12.2 Å². The Labute approximate surface area is 91.4 Å². The quantitative estimate of drug-likeness (QED) is 0.531. The van der Waals surface area contributed by atoms with Gasteiger partial charge in [-0.2, -0.15) is 0 Å². The molecule has 1 rings (SSSR count). The fourth-order valence-electron chi connectivity index (χ4n) is 2.00. The smallest absolute Gasteiger partial charge is 0.156 e. The molecule has 0 bridgehead atoms. The lowest BCUT2D eigenvalue weighted by atomic mass is 9.88. The number of hydrogen-bond acceptors (Lipinski definition) is 3. The van der Waals surface area contributed by atoms with Crippen LogP contribution in [0.2, 0.25) is 0 Å². The van der Waals surface area contributed by atoms with E-state index in [0.29, 0.717) is 0 Å². The first kappa shape index (κ1) is 12.4. The minimum atomic E-state index is -0.241. The number of ether oxygens (including phenoxy) is 2. The Bertz CT molecular complexity index is 237. The predicted molar refractivity (Wildman–Crippen MR) is 58.4 cm³/mol. The summed E-state index contributed by atoms with van der Waals surface area (Å²) in [4.78, 5) is 10.8. The molecule has 0 aromatic rings. The van der Waals surface area contributed by atoms with Crippen molar-refractivity contribution in [2.75, 3.05) is 0 Å². The molecule has 1 saturated heterocycles. The Balaban J connectivity index is 2.75. The summed E-state index contributed by atoms with van der Waals surface area (Å²) < 4.78 is 11.3. The molecule has 1 aliphatic heterocycles. The van der Waals surface area contributed by atoms with Crippen LogP contribution in [0.5, 0.6) is 0 Å². The van der Waals surface area contributed by atoms with Crippen LogP contribution in [0.15, 0.2) is 12.2 Å². The Morgan fingerprint density at radius 3 is 2.47 bits per heavy atom. The van der Waals surface area contributed by atoms with E-state index in [0.717, 1.165) is 6.29 Å². The molecule has 0 amide bonds. The molecule has 0 aromatic heterocycles. The molecular weight excluding hydrogens is 192 g/mol. The molecule has 0 spiro atoms. The van der Waals surface area contributed by atoms with Crippen molar-refractivity contribution >= 4 is 6.29 Å². The van der Waals surface area contributed by atoms with E-state index in [9.17, 15) is 4.79 Å². The van der Waals surface area contributed by atoms with Gasteiger partial charge in [-0.15, -0.1) is 0 Å². The largest absolute Gasteiger partial charge is 0.349 e. The van der Waals surface area contributed by atoms with Gasteiger partial charge in [-0.25, -0.2) is 0 Å². The van der Waals surface area contributed by atoms with Gasteiger partial charge in [0.1, 0.15) is 6.29 Å². The summed E-state index contributed by atoms with van der Waals surface area (Å²) in [6.07, 6.45) is 4.70. The molecular formula is C12H20O3. The average molecular weight is 212 g/mol. The van der Waals surface area contributed by atoms with Gasteiger partial charge < -0.3 is 14.3 Å². The van der Waals surface area contributed by atoms with Gasteiger partial charge in [0, 0.05) is 11.8 Å². The number of rotatable bonds is 3. The van der Waals surface area contributed by atoms with Crippen LogP contribution in [0.3, 0.4) is 0 Å². The summed E-state index contributed by atoms with van der Waals surface area (Å²) in [6, 6.07) is 0. The monoisotopic (exact) mass is 212 g/mol. The minimum absolute atomic E-state index is 0.0474. The summed E-state index contributed by atoms with van der Waals surface area (Å²) >= 11 is 0. The van der Waals surface area contributed by atoms with Crippen LogP contribution in [-0.4, -0.2) is 24.8 Å². The number of aldehydes is 1. The molecule has 1 heterocycles. The fraction of sp³-hybridized carbons (Fsp3) is 0.750. The Hall–Kier alpha value is -0.670. The van der Waals surface area contributed by atoms with Crippen molar-refractivity contribution in [1.82, 2.24) is 0 Å². The van der Waals surface area contributed by atoms with Crippen LogP contribution >= 0.6 is 0 Å². The van der Waals surface area contributed by atoms with Gasteiger partial charge in [-0.3, -0.25) is 0 Å². The van der Waals surface area contributed by atoms with E-state index in [2.05, 4.69) is 6.92 Å². The minimum Gasteiger partial charge on any atom is -0.349 e. The zero-order valence-electron chi connectivity index (χ0n) is 9.84. The highest BCUT2D eigenvalue weighted by molar-refractivity contribution is 5.54. The molecule has 5 atom stereocenters. The second-order valence-corrected chi connectivity index (χ2v) is 4.15. The van der Waals surface area contributed by atoms with Gasteiger partial charge in [0.2, 0.25) is 0 Å². The molecule has 0 saturated carbocycles. The Morgan fingerprint density at radius 2 is 1.93 bits per heavy atom. The lowest BCUT2D eigenvalue weighted by molar-refractivity contribution is -0.253. The molecule has 0 aromatic carbocycles. The molecule has 15 heavy (non-hydrogen) atoms. The van der Waals surface area contributed by atoms with Gasteiger partial charge in [0.15, 0.2) is 6.29 Å². The second-order valence-electron chi connectivity index (χ2n) is 4.15. The van der Waals surface area contributed by atoms with Crippen LogP contribution in [-0.2, 0) is 14.3 Å². The highest BCUT2D eigenvalue weighted by Crippen LogP contribution is 2.29. The summed E-state index contributed by atoms with van der Waals surface area (Å²) in [5, 5.41) is 0. The van der Waals surface area contributed by atoms with Crippen molar-refractivity contribution in [3.8, 4) is 0 Å². The normalized spacial score (nSPS) is 39.2. The van der Waals surface area contributed by atoms with Crippen molar-refractivity contribution in [3.05, 3.63) is 12.2 Å². The SMILES string of the molecule is C/C=C/[C@H]1OC(C)O[C@@H]([C@@H](C)C=O)[C@H]1C. The summed E-state index contributed by atoms with van der Waals surface area (Å²) in [5.41, 5.74) is 0. The molecule has 3 heteroatoms. The molecule has 1 fully saturated rings. The van der Waals surface area contributed by atoms with Crippen molar-refractivity contribution in [2.45, 2.75) is 46.2 Å². The van der Waals surface area contributed by atoms with Crippen molar-refractivity contribution in [3.63, 3.8) is 0 Å². The summed E-state index contributed by atoms with van der Waals surface area (Å²) in [5.74, 6) is 0.122. The summed E-state index contributed by atoms with van der Waals surface area (Å²) in [7, 11) is 0. The average Bonchev–Trinajstić information content (AvgIpc) is 2.22. The Kier molecular flexibility index (Phi) is 4.48. The third kappa shape index (κ3) is 2.89. The third-order valence-corrected chi connectivity index (χ3v) is 2.85. The van der Waals surface area contributed by atoms with Gasteiger partial charge in [-0.1, -0.05) is 26.0 Å². The lowest BCUT2D eigenvalue weighted by Crippen LogP contribution is -2.46. The van der Waals surface area contributed by atoms with Crippen LogP contribution in [0.4, 0.5) is 0 Å². The molecule has 3 nitrogen and oxygen atoms in total. The maximum Gasteiger partial charge on any atom is 0.156 e. The predicted octanol–water partition coefficient (Wildman–Crippen LogP) is 2.16. The maximum absolute atomic E-state index is 10.8. The standard InChI is InChI=1S/C12H20O3/c1-5-6-11-9(3)12(8(2)7-13)15-10(4)14-11/h5-12H,1-4H3/b6-5+/t8-,9-,10?,11+,12-/m0/s1. The first-order valence-corrected chi connectivity index (χ1v) is 5.49. The zero-order valence-corrected chi connectivity index (χ0v) is 9.84. The third-order valence-electron chi connectivity index (χ3n) is 2.85. The topological polar surface area (TPSA) is 35.5 Å². The zero-order chi connectivity index (χ0) is 11.4. The molecule has 0 aliphatic carbocycles. The number of hydrogen-bond donors (Lipinski definition) is 0. The molecule has 1 aliphatic rings. The number of carbonyl (C=O) groups excluding carboxylic acids is 1. The van der Waals surface area contributed by atoms with Crippen molar-refractivity contribution in [1.29, 1.82) is 0 Å².